The van der Waals surface area contributed by atoms with Gasteiger partial charge in [0, 0.05) is 6.20 Å². The number of rotatable bonds is 4. The first-order chi connectivity index (χ1) is 12.9. The highest BCUT2D eigenvalue weighted by Crippen LogP contribution is 2.32. The number of fused-ring (bicyclic) bond motifs is 1. The van der Waals surface area contributed by atoms with Crippen LogP contribution in [-0.4, -0.2) is 23.4 Å². The second-order valence-electron chi connectivity index (χ2n) is 5.90. The standard InChI is InChI=1S/C18H15N5O2S2/c1-11-6-8-12(9-7-11)27(24,25)23-18-20-10-13(16(19)22-18)17-21-14-4-2-3-5-15(14)26-17/h2-10H,1H3,(H3,19,20,22,23). The summed E-state index contributed by atoms with van der Waals surface area (Å²) in [5.41, 5.74) is 8.43. The van der Waals surface area contributed by atoms with Crippen LogP contribution in [0.25, 0.3) is 20.8 Å². The van der Waals surface area contributed by atoms with Crippen molar-refractivity contribution in [2.75, 3.05) is 10.5 Å². The van der Waals surface area contributed by atoms with Crippen molar-refractivity contribution in [2.45, 2.75) is 11.8 Å². The Labute approximate surface area is 160 Å². The fraction of sp³-hybridized carbons (Fsp3) is 0.0556. The molecule has 3 N–H and O–H groups in total. The highest BCUT2D eigenvalue weighted by molar-refractivity contribution is 7.92. The lowest BCUT2D eigenvalue weighted by Gasteiger charge is -2.08. The molecule has 9 heteroatoms. The number of benzene rings is 2. The summed E-state index contributed by atoms with van der Waals surface area (Å²) in [6.07, 6.45) is 1.48. The first-order valence-electron chi connectivity index (χ1n) is 8.00. The maximum absolute atomic E-state index is 12.5. The van der Waals surface area contributed by atoms with Crippen molar-refractivity contribution in [3.8, 4) is 10.6 Å². The fourth-order valence-electron chi connectivity index (χ4n) is 2.49. The number of nitrogen functional groups attached to an aromatic ring is 1. The third-order valence-electron chi connectivity index (χ3n) is 3.90. The second kappa shape index (κ2) is 6.60. The van der Waals surface area contributed by atoms with Crippen LogP contribution in [0.1, 0.15) is 5.56 Å². The van der Waals surface area contributed by atoms with Crippen molar-refractivity contribution in [2.24, 2.45) is 0 Å². The molecule has 0 aliphatic heterocycles. The molecular weight excluding hydrogens is 382 g/mol. The van der Waals surface area contributed by atoms with Gasteiger partial charge >= 0.3 is 0 Å². The number of hydrogen-bond acceptors (Lipinski definition) is 7. The van der Waals surface area contributed by atoms with E-state index in [2.05, 4.69) is 19.7 Å². The average Bonchev–Trinajstić information content (AvgIpc) is 3.05. The topological polar surface area (TPSA) is 111 Å². The molecule has 0 unspecified atom stereocenters. The molecule has 2 heterocycles. The van der Waals surface area contributed by atoms with E-state index in [1.165, 1.54) is 29.7 Å². The lowest BCUT2D eigenvalue weighted by molar-refractivity contribution is 0.601. The highest BCUT2D eigenvalue weighted by Gasteiger charge is 2.17. The Balaban J connectivity index is 1.64. The van der Waals surface area contributed by atoms with Crippen LogP contribution in [0.15, 0.2) is 59.6 Å². The van der Waals surface area contributed by atoms with E-state index in [0.717, 1.165) is 15.8 Å². The number of nitrogens with zero attached hydrogens (tertiary/aromatic N) is 3. The molecule has 0 spiro atoms. The number of nitrogens with one attached hydrogen (secondary N) is 1. The minimum absolute atomic E-state index is 0.0852. The molecule has 2 aromatic heterocycles. The van der Waals surface area contributed by atoms with Gasteiger partial charge in [0.1, 0.15) is 10.8 Å². The Hall–Kier alpha value is -3.04. The molecule has 0 aliphatic carbocycles. The number of aryl methyl sites for hydroxylation is 1. The van der Waals surface area contributed by atoms with Gasteiger partial charge < -0.3 is 5.73 Å². The SMILES string of the molecule is Cc1ccc(S(=O)(=O)Nc2ncc(-c3nc4ccccc4s3)c(N)n2)cc1. The molecule has 27 heavy (non-hydrogen) atoms. The first kappa shape index (κ1) is 17.4. The van der Waals surface area contributed by atoms with E-state index >= 15 is 0 Å². The number of hydrogen-bond donors (Lipinski definition) is 2. The number of sulfonamides is 1. The molecular formula is C18H15N5O2S2. The maximum atomic E-state index is 12.5. The molecule has 0 amide bonds. The summed E-state index contributed by atoms with van der Waals surface area (Å²) in [6.45, 7) is 1.88. The Kier molecular flexibility index (Phi) is 4.25. The predicted molar refractivity (Wildman–Crippen MR) is 107 cm³/mol. The molecule has 0 bridgehead atoms. The summed E-state index contributed by atoms with van der Waals surface area (Å²) in [5.74, 6) is 0.0728. The molecule has 4 rings (SSSR count). The lowest BCUT2D eigenvalue weighted by Crippen LogP contribution is -2.15. The lowest BCUT2D eigenvalue weighted by atomic mass is 10.2. The zero-order chi connectivity index (χ0) is 19.0. The number of nitrogens with two attached hydrogens (primary N) is 1. The number of anilines is 2. The van der Waals surface area contributed by atoms with Gasteiger partial charge in [-0.2, -0.15) is 4.98 Å². The molecule has 0 radical (unpaired) electrons. The molecule has 136 valence electrons. The molecule has 2 aromatic carbocycles. The van der Waals surface area contributed by atoms with Gasteiger partial charge in [0.05, 0.1) is 20.7 Å². The highest BCUT2D eigenvalue weighted by atomic mass is 32.2. The molecule has 0 fully saturated rings. The summed E-state index contributed by atoms with van der Waals surface area (Å²) in [7, 11) is -3.79. The van der Waals surface area contributed by atoms with Crippen LogP contribution in [0.3, 0.4) is 0 Å². The van der Waals surface area contributed by atoms with Crippen LogP contribution in [-0.2, 0) is 10.0 Å². The van der Waals surface area contributed by atoms with Crippen LogP contribution >= 0.6 is 11.3 Å². The summed E-state index contributed by atoms with van der Waals surface area (Å²) in [4.78, 5) is 12.8. The Morgan fingerprint density at radius 3 is 2.48 bits per heavy atom. The number of para-hydroxylation sites is 1. The molecule has 0 saturated heterocycles. The van der Waals surface area contributed by atoms with Crippen molar-refractivity contribution in [1.29, 1.82) is 0 Å². The van der Waals surface area contributed by atoms with Crippen LogP contribution in [0, 0.1) is 6.92 Å². The fourth-order valence-corrected chi connectivity index (χ4v) is 4.43. The van der Waals surface area contributed by atoms with Gasteiger partial charge in [0.25, 0.3) is 10.0 Å². The van der Waals surface area contributed by atoms with Gasteiger partial charge in [0.15, 0.2) is 0 Å². The summed E-state index contributed by atoms with van der Waals surface area (Å²) < 4.78 is 28.3. The summed E-state index contributed by atoms with van der Waals surface area (Å²) in [6, 6.07) is 14.2. The van der Waals surface area contributed by atoms with E-state index in [9.17, 15) is 8.42 Å². The predicted octanol–water partition coefficient (Wildman–Crippen LogP) is 3.44. The van der Waals surface area contributed by atoms with Crippen LogP contribution in [0.2, 0.25) is 0 Å². The van der Waals surface area contributed by atoms with Crippen molar-refractivity contribution in [3.05, 3.63) is 60.3 Å². The van der Waals surface area contributed by atoms with E-state index in [-0.39, 0.29) is 16.7 Å². The average molecular weight is 397 g/mol. The van der Waals surface area contributed by atoms with E-state index in [1.807, 2.05) is 31.2 Å². The third-order valence-corrected chi connectivity index (χ3v) is 6.31. The largest absolute Gasteiger partial charge is 0.383 e. The van der Waals surface area contributed by atoms with Crippen molar-refractivity contribution < 1.29 is 8.42 Å². The van der Waals surface area contributed by atoms with Crippen molar-refractivity contribution in [3.63, 3.8) is 0 Å². The molecule has 0 atom stereocenters. The summed E-state index contributed by atoms with van der Waals surface area (Å²) >= 11 is 1.47. The smallest absolute Gasteiger partial charge is 0.264 e. The van der Waals surface area contributed by atoms with Gasteiger partial charge in [-0.15, -0.1) is 11.3 Å². The van der Waals surface area contributed by atoms with Gasteiger partial charge in [-0.1, -0.05) is 29.8 Å². The van der Waals surface area contributed by atoms with Gasteiger partial charge in [-0.3, -0.25) is 0 Å². The molecule has 0 aliphatic rings. The quantitative estimate of drug-likeness (QED) is 0.546. The van der Waals surface area contributed by atoms with Gasteiger partial charge in [-0.25, -0.2) is 23.1 Å². The van der Waals surface area contributed by atoms with Crippen molar-refractivity contribution in [1.82, 2.24) is 15.0 Å². The third kappa shape index (κ3) is 3.46. The van der Waals surface area contributed by atoms with Crippen molar-refractivity contribution >= 4 is 43.3 Å². The van der Waals surface area contributed by atoms with Gasteiger partial charge in [0.2, 0.25) is 5.95 Å². The minimum atomic E-state index is -3.79. The number of aromatic nitrogens is 3. The molecule has 0 saturated carbocycles. The van der Waals surface area contributed by atoms with E-state index < -0.39 is 10.0 Å². The van der Waals surface area contributed by atoms with Crippen LogP contribution < -0.4 is 10.5 Å². The van der Waals surface area contributed by atoms with Crippen LogP contribution in [0.5, 0.6) is 0 Å². The van der Waals surface area contributed by atoms with Gasteiger partial charge in [-0.05, 0) is 31.2 Å². The number of thiazole rings is 1. The molecule has 4 aromatic rings. The van der Waals surface area contributed by atoms with E-state index in [0.29, 0.717) is 10.6 Å². The van der Waals surface area contributed by atoms with Crippen LogP contribution in [0.4, 0.5) is 11.8 Å². The Bertz CT molecular complexity index is 1200. The van der Waals surface area contributed by atoms with E-state index in [4.69, 9.17) is 5.73 Å². The minimum Gasteiger partial charge on any atom is -0.383 e. The zero-order valence-corrected chi connectivity index (χ0v) is 15.9. The Morgan fingerprint density at radius 1 is 1.04 bits per heavy atom. The van der Waals surface area contributed by atoms with E-state index in [1.54, 1.807) is 12.1 Å². The second-order valence-corrected chi connectivity index (χ2v) is 8.61. The zero-order valence-electron chi connectivity index (χ0n) is 14.2. The Morgan fingerprint density at radius 2 is 1.78 bits per heavy atom. The summed E-state index contributed by atoms with van der Waals surface area (Å²) in [5, 5.41) is 0.682. The first-order valence-corrected chi connectivity index (χ1v) is 10.3. The molecule has 7 nitrogen and oxygen atoms in total. The maximum Gasteiger partial charge on any atom is 0.264 e. The normalized spacial score (nSPS) is 11.6. The monoisotopic (exact) mass is 397 g/mol.